The molecule has 1 aliphatic rings. The van der Waals surface area contributed by atoms with Crippen LogP contribution in [0.2, 0.25) is 0 Å². The molecule has 1 fully saturated rings. The van der Waals surface area contributed by atoms with E-state index in [9.17, 15) is 9.59 Å². The second-order valence-electron chi connectivity index (χ2n) is 5.23. The number of aromatic nitrogens is 1. The Kier molecular flexibility index (Phi) is 4.80. The zero-order valence-electron chi connectivity index (χ0n) is 12.5. The summed E-state index contributed by atoms with van der Waals surface area (Å²) in [5.74, 6) is -0.538. The molecule has 1 aromatic heterocycles. The smallest absolute Gasteiger partial charge is 0.243 e. The third-order valence-electron chi connectivity index (χ3n) is 3.57. The number of hydrogen-bond donors (Lipinski definition) is 3. The summed E-state index contributed by atoms with van der Waals surface area (Å²) in [5.41, 5.74) is 1.35. The third kappa shape index (κ3) is 3.82. The quantitative estimate of drug-likeness (QED) is 0.754. The van der Waals surface area contributed by atoms with Crippen LogP contribution in [0.4, 0.5) is 5.69 Å². The number of pyridine rings is 1. The van der Waals surface area contributed by atoms with Crippen molar-refractivity contribution in [3.05, 3.63) is 36.5 Å². The van der Waals surface area contributed by atoms with Crippen LogP contribution in [-0.2, 0) is 14.3 Å². The Morgan fingerprint density at radius 2 is 2.17 bits per heavy atom. The van der Waals surface area contributed by atoms with Crippen molar-refractivity contribution in [1.82, 2.24) is 15.6 Å². The average Bonchev–Trinajstić information content (AvgIpc) is 2.61. The molecule has 2 aromatic rings. The molecule has 0 aliphatic carbocycles. The first kappa shape index (κ1) is 15.4. The fourth-order valence-corrected chi connectivity index (χ4v) is 2.42. The Morgan fingerprint density at radius 1 is 1.30 bits per heavy atom. The molecule has 2 heterocycles. The van der Waals surface area contributed by atoms with Crippen molar-refractivity contribution in [2.75, 3.05) is 31.6 Å². The van der Waals surface area contributed by atoms with E-state index in [1.165, 1.54) is 0 Å². The van der Waals surface area contributed by atoms with Crippen LogP contribution in [0.15, 0.2) is 36.5 Å². The first-order valence-electron chi connectivity index (χ1n) is 7.46. The number of ether oxygens (including phenoxy) is 1. The van der Waals surface area contributed by atoms with Crippen molar-refractivity contribution in [2.24, 2.45) is 0 Å². The molecule has 0 bridgehead atoms. The van der Waals surface area contributed by atoms with Gasteiger partial charge in [0.05, 0.1) is 31.0 Å². The molecule has 0 saturated carbocycles. The number of anilines is 1. The van der Waals surface area contributed by atoms with E-state index in [-0.39, 0.29) is 18.4 Å². The van der Waals surface area contributed by atoms with Gasteiger partial charge in [-0.05, 0) is 12.1 Å². The number of hydrogen-bond acceptors (Lipinski definition) is 5. The van der Waals surface area contributed by atoms with Gasteiger partial charge < -0.3 is 20.7 Å². The predicted molar refractivity (Wildman–Crippen MR) is 86.0 cm³/mol. The lowest BCUT2D eigenvalue weighted by molar-refractivity contribution is -0.128. The van der Waals surface area contributed by atoms with Crippen LogP contribution in [0.25, 0.3) is 10.9 Å². The Balaban J connectivity index is 1.57. The number of benzene rings is 1. The van der Waals surface area contributed by atoms with Gasteiger partial charge in [-0.2, -0.15) is 0 Å². The number of nitrogens with zero attached hydrogens (tertiary/aromatic N) is 1. The molecular formula is C16H18N4O3. The molecule has 120 valence electrons. The van der Waals surface area contributed by atoms with E-state index < -0.39 is 6.04 Å². The normalized spacial score (nSPS) is 17.7. The summed E-state index contributed by atoms with van der Waals surface area (Å²) in [6.07, 6.45) is 1.68. The number of morpholine rings is 1. The highest BCUT2D eigenvalue weighted by Crippen LogP contribution is 2.20. The topological polar surface area (TPSA) is 92.4 Å². The first-order chi connectivity index (χ1) is 11.2. The van der Waals surface area contributed by atoms with Crippen molar-refractivity contribution >= 4 is 28.4 Å². The molecular weight excluding hydrogens is 296 g/mol. The Hall–Kier alpha value is -2.51. The number of nitrogens with one attached hydrogen (secondary N) is 3. The average molecular weight is 314 g/mol. The minimum Gasteiger partial charge on any atom is -0.378 e. The molecule has 3 N–H and O–H groups in total. The second kappa shape index (κ2) is 7.17. The number of amides is 2. The molecule has 1 saturated heterocycles. The molecule has 0 spiro atoms. The molecule has 2 amide bonds. The van der Waals surface area contributed by atoms with E-state index >= 15 is 0 Å². The van der Waals surface area contributed by atoms with E-state index in [0.29, 0.717) is 25.4 Å². The number of carbonyl (C=O) groups excluding carboxylic acids is 2. The fourth-order valence-electron chi connectivity index (χ4n) is 2.42. The molecule has 3 rings (SSSR count). The highest BCUT2D eigenvalue weighted by Gasteiger charge is 2.21. The minimum atomic E-state index is -0.407. The first-order valence-corrected chi connectivity index (χ1v) is 7.46. The van der Waals surface area contributed by atoms with Gasteiger partial charge in [-0.15, -0.1) is 0 Å². The highest BCUT2D eigenvalue weighted by molar-refractivity contribution is 6.01. The van der Waals surface area contributed by atoms with Crippen molar-refractivity contribution < 1.29 is 14.3 Å². The van der Waals surface area contributed by atoms with Crippen molar-refractivity contribution in [3.63, 3.8) is 0 Å². The maximum Gasteiger partial charge on any atom is 0.243 e. The van der Waals surface area contributed by atoms with Crippen molar-refractivity contribution in [2.45, 2.75) is 6.04 Å². The van der Waals surface area contributed by atoms with Gasteiger partial charge in [-0.25, -0.2) is 0 Å². The van der Waals surface area contributed by atoms with Crippen molar-refractivity contribution in [1.29, 1.82) is 0 Å². The lowest BCUT2D eigenvalue weighted by Crippen LogP contribution is -2.52. The summed E-state index contributed by atoms with van der Waals surface area (Å²) in [4.78, 5) is 28.2. The SMILES string of the molecule is O=C(CNC(=O)C1COCCN1)Nc1cccc2cccnc12. The molecule has 7 nitrogen and oxygen atoms in total. The lowest BCUT2D eigenvalue weighted by atomic mass is 10.2. The summed E-state index contributed by atoms with van der Waals surface area (Å²) in [5, 5.41) is 9.36. The summed E-state index contributed by atoms with van der Waals surface area (Å²) in [7, 11) is 0. The molecule has 1 unspecified atom stereocenters. The Labute approximate surface area is 133 Å². The Morgan fingerprint density at radius 3 is 3.00 bits per heavy atom. The third-order valence-corrected chi connectivity index (χ3v) is 3.57. The van der Waals surface area contributed by atoms with Crippen LogP contribution in [0.3, 0.4) is 0 Å². The van der Waals surface area contributed by atoms with Gasteiger partial charge in [-0.3, -0.25) is 14.6 Å². The van der Waals surface area contributed by atoms with Gasteiger partial charge in [0, 0.05) is 18.1 Å². The van der Waals surface area contributed by atoms with Crippen LogP contribution in [0.5, 0.6) is 0 Å². The van der Waals surface area contributed by atoms with E-state index in [4.69, 9.17) is 4.74 Å². The van der Waals surface area contributed by atoms with Crippen LogP contribution >= 0.6 is 0 Å². The monoisotopic (exact) mass is 314 g/mol. The molecule has 1 aliphatic heterocycles. The van der Waals surface area contributed by atoms with Gasteiger partial charge in [0.2, 0.25) is 11.8 Å². The minimum absolute atomic E-state index is 0.0970. The Bertz CT molecular complexity index is 708. The highest BCUT2D eigenvalue weighted by atomic mass is 16.5. The lowest BCUT2D eigenvalue weighted by Gasteiger charge is -2.22. The predicted octanol–water partition coefficient (Wildman–Crippen LogP) is 0.278. The van der Waals surface area contributed by atoms with Crippen LogP contribution < -0.4 is 16.0 Å². The van der Waals surface area contributed by atoms with E-state index in [0.717, 1.165) is 10.9 Å². The molecule has 0 radical (unpaired) electrons. The standard InChI is InChI=1S/C16H18N4O3/c21-14(9-19-16(22)13-10-23-8-7-17-13)20-12-5-1-3-11-4-2-6-18-15(11)12/h1-6,13,17H,7-10H2,(H,19,22)(H,20,21). The number of para-hydroxylation sites is 1. The van der Waals surface area contributed by atoms with Gasteiger partial charge in [0.15, 0.2) is 0 Å². The van der Waals surface area contributed by atoms with Crippen LogP contribution in [0, 0.1) is 0 Å². The zero-order valence-corrected chi connectivity index (χ0v) is 12.5. The second-order valence-corrected chi connectivity index (χ2v) is 5.23. The summed E-state index contributed by atoms with van der Waals surface area (Å²) < 4.78 is 5.22. The molecule has 23 heavy (non-hydrogen) atoms. The van der Waals surface area contributed by atoms with Gasteiger partial charge in [0.1, 0.15) is 6.04 Å². The summed E-state index contributed by atoms with van der Waals surface area (Å²) in [6.45, 7) is 1.45. The van der Waals surface area contributed by atoms with Gasteiger partial charge in [0.25, 0.3) is 0 Å². The number of fused-ring (bicyclic) bond motifs is 1. The maximum atomic E-state index is 12.0. The van der Waals surface area contributed by atoms with Gasteiger partial charge in [-0.1, -0.05) is 18.2 Å². The van der Waals surface area contributed by atoms with Gasteiger partial charge >= 0.3 is 0 Å². The van der Waals surface area contributed by atoms with Crippen molar-refractivity contribution in [3.8, 4) is 0 Å². The van der Waals surface area contributed by atoms with E-state index in [2.05, 4.69) is 20.9 Å². The summed E-state index contributed by atoms with van der Waals surface area (Å²) in [6, 6.07) is 8.92. The van der Waals surface area contributed by atoms with Crippen LogP contribution in [-0.4, -0.2) is 49.1 Å². The molecule has 7 heteroatoms. The van der Waals surface area contributed by atoms with E-state index in [1.807, 2.05) is 24.3 Å². The zero-order chi connectivity index (χ0) is 16.1. The van der Waals surface area contributed by atoms with Crippen LogP contribution in [0.1, 0.15) is 0 Å². The fraction of sp³-hybridized carbons (Fsp3) is 0.312. The maximum absolute atomic E-state index is 12.0. The number of carbonyl (C=O) groups is 2. The molecule has 1 atom stereocenters. The number of rotatable bonds is 4. The van der Waals surface area contributed by atoms with E-state index in [1.54, 1.807) is 12.3 Å². The largest absolute Gasteiger partial charge is 0.378 e. The summed E-state index contributed by atoms with van der Waals surface area (Å²) >= 11 is 0. The molecule has 1 aromatic carbocycles.